The molecule has 0 aliphatic heterocycles. The third-order valence-corrected chi connectivity index (χ3v) is 3.66. The second-order valence-corrected chi connectivity index (χ2v) is 5.32. The van der Waals surface area contributed by atoms with E-state index in [1.165, 1.54) is 0 Å². The lowest BCUT2D eigenvalue weighted by atomic mass is 10.1. The molecular formula is C16H16ClN5O. The zero-order valence-electron chi connectivity index (χ0n) is 12.4. The maximum atomic E-state index is 6.19. The van der Waals surface area contributed by atoms with Crippen LogP contribution in [0.1, 0.15) is 11.7 Å². The lowest BCUT2D eigenvalue weighted by Crippen LogP contribution is -2.13. The highest BCUT2D eigenvalue weighted by Crippen LogP contribution is 2.25. The van der Waals surface area contributed by atoms with Crippen LogP contribution in [0.4, 0.5) is 5.95 Å². The number of nitrogen functional groups attached to an aromatic ring is 1. The van der Waals surface area contributed by atoms with Gasteiger partial charge in [-0.05, 0) is 5.56 Å². The molecule has 3 rings (SSSR count). The number of ether oxygens (including phenoxy) is 1. The van der Waals surface area contributed by atoms with Crippen LogP contribution < -0.4 is 5.73 Å². The van der Waals surface area contributed by atoms with Gasteiger partial charge >= 0.3 is 0 Å². The van der Waals surface area contributed by atoms with E-state index in [-0.39, 0.29) is 17.2 Å². The summed E-state index contributed by atoms with van der Waals surface area (Å²) >= 11 is 6.19. The summed E-state index contributed by atoms with van der Waals surface area (Å²) in [4.78, 5) is 12.3. The van der Waals surface area contributed by atoms with E-state index in [4.69, 9.17) is 22.1 Å². The molecule has 0 saturated heterocycles. The van der Waals surface area contributed by atoms with Crippen molar-refractivity contribution in [3.05, 3.63) is 60.0 Å². The fraction of sp³-hybridized carbons (Fsp3) is 0.188. The summed E-state index contributed by atoms with van der Waals surface area (Å²) in [7, 11) is 0. The number of aromatic nitrogens is 4. The molecule has 1 unspecified atom stereocenters. The van der Waals surface area contributed by atoms with Crippen LogP contribution in [0, 0.1) is 0 Å². The molecule has 23 heavy (non-hydrogen) atoms. The van der Waals surface area contributed by atoms with Crippen LogP contribution >= 0.6 is 11.6 Å². The fourth-order valence-electron chi connectivity index (χ4n) is 2.37. The van der Waals surface area contributed by atoms with Crippen LogP contribution in [0.25, 0.3) is 11.2 Å². The molecule has 2 N–H and O–H groups in total. The molecule has 2 heterocycles. The Labute approximate surface area is 138 Å². The lowest BCUT2D eigenvalue weighted by Gasteiger charge is -2.18. The van der Waals surface area contributed by atoms with Gasteiger partial charge in [0.15, 0.2) is 10.8 Å². The first-order valence-electron chi connectivity index (χ1n) is 7.10. The van der Waals surface area contributed by atoms with Crippen LogP contribution in [0.2, 0.25) is 5.15 Å². The van der Waals surface area contributed by atoms with Gasteiger partial charge in [0.25, 0.3) is 0 Å². The molecule has 6 nitrogen and oxygen atoms in total. The van der Waals surface area contributed by atoms with Crippen LogP contribution in [0.15, 0.2) is 49.3 Å². The summed E-state index contributed by atoms with van der Waals surface area (Å²) in [5, 5.41) is 0.278. The van der Waals surface area contributed by atoms with Gasteiger partial charge < -0.3 is 15.0 Å². The highest BCUT2D eigenvalue weighted by molar-refractivity contribution is 6.33. The van der Waals surface area contributed by atoms with Gasteiger partial charge in [-0.2, -0.15) is 9.97 Å². The second-order valence-electron chi connectivity index (χ2n) is 4.96. The van der Waals surface area contributed by atoms with Gasteiger partial charge in [-0.3, -0.25) is 0 Å². The molecule has 0 bridgehead atoms. The molecule has 0 fully saturated rings. The quantitative estimate of drug-likeness (QED) is 0.555. The average molecular weight is 330 g/mol. The van der Waals surface area contributed by atoms with E-state index in [9.17, 15) is 0 Å². The number of halogens is 1. The SMILES string of the molecule is C=CCOC(Cn1cnc2nc(N)nc(Cl)c21)c1ccccc1. The Kier molecular flexibility index (Phi) is 4.55. The summed E-state index contributed by atoms with van der Waals surface area (Å²) in [6.45, 7) is 4.67. The van der Waals surface area contributed by atoms with E-state index < -0.39 is 0 Å². The molecule has 0 aliphatic carbocycles. The number of imidazole rings is 1. The molecular weight excluding hydrogens is 314 g/mol. The van der Waals surface area contributed by atoms with E-state index in [1.54, 1.807) is 12.4 Å². The summed E-state index contributed by atoms with van der Waals surface area (Å²) in [6, 6.07) is 9.95. The minimum atomic E-state index is -0.166. The van der Waals surface area contributed by atoms with Crippen molar-refractivity contribution < 1.29 is 4.74 Å². The van der Waals surface area contributed by atoms with Crippen molar-refractivity contribution in [1.82, 2.24) is 19.5 Å². The second kappa shape index (κ2) is 6.76. The summed E-state index contributed by atoms with van der Waals surface area (Å²) in [6.07, 6.45) is 3.22. The van der Waals surface area contributed by atoms with Crippen LogP contribution in [-0.4, -0.2) is 26.1 Å². The van der Waals surface area contributed by atoms with Gasteiger partial charge in [0.2, 0.25) is 5.95 Å². The van der Waals surface area contributed by atoms with E-state index in [2.05, 4.69) is 21.5 Å². The van der Waals surface area contributed by atoms with E-state index in [0.29, 0.717) is 24.3 Å². The third-order valence-electron chi connectivity index (χ3n) is 3.40. The van der Waals surface area contributed by atoms with Gasteiger partial charge in [-0.1, -0.05) is 48.0 Å². The maximum absolute atomic E-state index is 6.19. The molecule has 0 saturated carbocycles. The molecule has 1 aromatic carbocycles. The Bertz CT molecular complexity index is 818. The van der Waals surface area contributed by atoms with E-state index in [0.717, 1.165) is 5.56 Å². The number of nitrogens with two attached hydrogens (primary N) is 1. The topological polar surface area (TPSA) is 78.8 Å². The van der Waals surface area contributed by atoms with Gasteiger partial charge in [-0.25, -0.2) is 4.98 Å². The standard InChI is InChI=1S/C16H16ClN5O/c1-2-8-23-12(11-6-4-3-5-7-11)9-22-10-19-15-13(22)14(17)20-16(18)21-15/h2-7,10,12H,1,8-9H2,(H2,18,20,21). The van der Waals surface area contributed by atoms with Crippen molar-refractivity contribution in [1.29, 1.82) is 0 Å². The van der Waals surface area contributed by atoms with Crippen molar-refractivity contribution in [2.45, 2.75) is 12.6 Å². The highest BCUT2D eigenvalue weighted by atomic mass is 35.5. The third kappa shape index (κ3) is 3.33. The van der Waals surface area contributed by atoms with Crippen LogP contribution in [0.5, 0.6) is 0 Å². The molecule has 0 spiro atoms. The summed E-state index contributed by atoms with van der Waals surface area (Å²) in [5.41, 5.74) is 7.77. The molecule has 7 heteroatoms. The van der Waals surface area contributed by atoms with Gasteiger partial charge in [0.1, 0.15) is 11.6 Å². The molecule has 0 amide bonds. The monoisotopic (exact) mass is 329 g/mol. The fourth-order valence-corrected chi connectivity index (χ4v) is 2.65. The largest absolute Gasteiger partial charge is 0.368 e. The number of benzene rings is 1. The first-order valence-corrected chi connectivity index (χ1v) is 7.48. The number of fused-ring (bicyclic) bond motifs is 1. The Balaban J connectivity index is 1.95. The predicted octanol–water partition coefficient (Wildman–Crippen LogP) is 3.01. The number of anilines is 1. The zero-order chi connectivity index (χ0) is 16.2. The van der Waals surface area contributed by atoms with E-state index in [1.807, 2.05) is 34.9 Å². The van der Waals surface area contributed by atoms with Crippen LogP contribution in [0.3, 0.4) is 0 Å². The Morgan fingerprint density at radius 3 is 2.83 bits per heavy atom. The number of nitrogens with zero attached hydrogens (tertiary/aromatic N) is 4. The predicted molar refractivity (Wildman–Crippen MR) is 90.1 cm³/mol. The Morgan fingerprint density at radius 1 is 1.30 bits per heavy atom. The molecule has 0 aliphatic rings. The van der Waals surface area contributed by atoms with E-state index >= 15 is 0 Å². The Hall–Kier alpha value is -2.44. The number of rotatable bonds is 6. The molecule has 1 atom stereocenters. The Morgan fingerprint density at radius 2 is 2.09 bits per heavy atom. The molecule has 0 radical (unpaired) electrons. The van der Waals surface area contributed by atoms with Crippen molar-refractivity contribution in [3.63, 3.8) is 0 Å². The maximum Gasteiger partial charge on any atom is 0.223 e. The normalized spacial score (nSPS) is 12.4. The minimum absolute atomic E-state index is 0.107. The molecule has 118 valence electrons. The number of hydrogen-bond donors (Lipinski definition) is 1. The van der Waals surface area contributed by atoms with Crippen molar-refractivity contribution >= 4 is 28.7 Å². The van der Waals surface area contributed by atoms with Crippen molar-refractivity contribution in [3.8, 4) is 0 Å². The smallest absolute Gasteiger partial charge is 0.223 e. The first-order chi connectivity index (χ1) is 11.2. The lowest BCUT2D eigenvalue weighted by molar-refractivity contribution is 0.0615. The number of hydrogen-bond acceptors (Lipinski definition) is 5. The molecule has 2 aromatic heterocycles. The van der Waals surface area contributed by atoms with Crippen LogP contribution in [-0.2, 0) is 11.3 Å². The minimum Gasteiger partial charge on any atom is -0.368 e. The van der Waals surface area contributed by atoms with Gasteiger partial charge in [-0.15, -0.1) is 6.58 Å². The van der Waals surface area contributed by atoms with Crippen molar-refractivity contribution in [2.24, 2.45) is 0 Å². The molecule has 3 aromatic rings. The van der Waals surface area contributed by atoms with Gasteiger partial charge in [0, 0.05) is 0 Å². The summed E-state index contributed by atoms with van der Waals surface area (Å²) < 4.78 is 7.76. The van der Waals surface area contributed by atoms with Crippen molar-refractivity contribution in [2.75, 3.05) is 12.3 Å². The average Bonchev–Trinajstić information content (AvgIpc) is 2.95. The van der Waals surface area contributed by atoms with Gasteiger partial charge in [0.05, 0.1) is 19.5 Å². The first kappa shape index (κ1) is 15.5. The highest BCUT2D eigenvalue weighted by Gasteiger charge is 2.17. The zero-order valence-corrected chi connectivity index (χ0v) is 13.1. The summed E-state index contributed by atoms with van der Waals surface area (Å²) in [5.74, 6) is 0.107.